The molecule has 1 aromatic carbocycles. The molecule has 1 heterocycles. The van der Waals surface area contributed by atoms with Gasteiger partial charge in [0.2, 0.25) is 0 Å². The average Bonchev–Trinajstić information content (AvgIpc) is 2.21. The molecule has 1 aliphatic rings. The van der Waals surface area contributed by atoms with E-state index in [9.17, 15) is 4.39 Å². The highest BCUT2D eigenvalue weighted by atomic mass is 19.1. The van der Waals surface area contributed by atoms with E-state index in [0.29, 0.717) is 6.04 Å². The van der Waals surface area contributed by atoms with Gasteiger partial charge in [0.15, 0.2) is 0 Å². The van der Waals surface area contributed by atoms with Crippen molar-refractivity contribution in [2.75, 3.05) is 18.0 Å². The summed E-state index contributed by atoms with van der Waals surface area (Å²) in [7, 11) is 0. The summed E-state index contributed by atoms with van der Waals surface area (Å²) in [5.41, 5.74) is 6.91. The number of nitrogens with zero attached hydrogens (tertiary/aromatic N) is 1. The Bertz CT molecular complexity index is 289. The minimum absolute atomic E-state index is 0.178. The Hall–Kier alpha value is -1.09. The summed E-state index contributed by atoms with van der Waals surface area (Å²) < 4.78 is 12.7. The van der Waals surface area contributed by atoms with E-state index >= 15 is 0 Å². The average molecular weight is 194 g/mol. The number of nitrogens with two attached hydrogens (primary N) is 1. The molecule has 1 aromatic rings. The van der Waals surface area contributed by atoms with Crippen LogP contribution >= 0.6 is 0 Å². The first-order chi connectivity index (χ1) is 6.75. The molecule has 3 heteroatoms. The Balaban J connectivity index is 2.05. The van der Waals surface area contributed by atoms with Crippen molar-refractivity contribution in [3.8, 4) is 0 Å². The number of halogens is 1. The van der Waals surface area contributed by atoms with Crippen molar-refractivity contribution in [2.24, 2.45) is 5.73 Å². The molecule has 0 bridgehead atoms. The van der Waals surface area contributed by atoms with Crippen molar-refractivity contribution in [3.05, 3.63) is 30.1 Å². The summed E-state index contributed by atoms with van der Waals surface area (Å²) in [6.07, 6.45) is 2.05. The maximum absolute atomic E-state index is 12.7. The molecule has 0 saturated carbocycles. The Kier molecular flexibility index (Phi) is 2.68. The van der Waals surface area contributed by atoms with Gasteiger partial charge in [0.25, 0.3) is 0 Å². The zero-order valence-corrected chi connectivity index (χ0v) is 8.12. The highest BCUT2D eigenvalue weighted by Crippen LogP contribution is 2.19. The summed E-state index contributed by atoms with van der Waals surface area (Å²) in [6.45, 7) is 1.96. The second kappa shape index (κ2) is 3.96. The van der Waals surface area contributed by atoms with Crippen LogP contribution in [-0.4, -0.2) is 19.1 Å². The highest BCUT2D eigenvalue weighted by molar-refractivity contribution is 5.46. The maximum Gasteiger partial charge on any atom is 0.123 e. The smallest absolute Gasteiger partial charge is 0.123 e. The highest BCUT2D eigenvalue weighted by Gasteiger charge is 2.15. The van der Waals surface area contributed by atoms with E-state index in [1.807, 2.05) is 12.1 Å². The van der Waals surface area contributed by atoms with Gasteiger partial charge in [-0.05, 0) is 37.1 Å². The van der Waals surface area contributed by atoms with Gasteiger partial charge < -0.3 is 10.6 Å². The van der Waals surface area contributed by atoms with E-state index in [4.69, 9.17) is 5.73 Å². The molecule has 1 saturated heterocycles. The van der Waals surface area contributed by atoms with Crippen LogP contribution in [-0.2, 0) is 0 Å². The molecule has 14 heavy (non-hydrogen) atoms. The third-order valence-corrected chi connectivity index (χ3v) is 2.73. The van der Waals surface area contributed by atoms with Crippen molar-refractivity contribution in [2.45, 2.75) is 18.9 Å². The SMILES string of the molecule is NC1CCN(c2ccc(F)cc2)CC1. The minimum atomic E-state index is -0.178. The van der Waals surface area contributed by atoms with Gasteiger partial charge in [-0.1, -0.05) is 0 Å². The molecule has 0 radical (unpaired) electrons. The van der Waals surface area contributed by atoms with Crippen LogP contribution in [0.5, 0.6) is 0 Å². The van der Waals surface area contributed by atoms with E-state index < -0.39 is 0 Å². The summed E-state index contributed by atoms with van der Waals surface area (Å²) in [5.74, 6) is -0.178. The molecular formula is C11H15FN2. The molecule has 2 rings (SSSR count). The number of anilines is 1. The summed E-state index contributed by atoms with van der Waals surface area (Å²) in [5, 5.41) is 0. The lowest BCUT2D eigenvalue weighted by molar-refractivity contribution is 0.501. The fraction of sp³-hybridized carbons (Fsp3) is 0.455. The van der Waals surface area contributed by atoms with E-state index in [-0.39, 0.29) is 5.82 Å². The lowest BCUT2D eigenvalue weighted by atomic mass is 10.1. The van der Waals surface area contributed by atoms with Crippen LogP contribution in [0.15, 0.2) is 24.3 Å². The molecule has 1 aliphatic heterocycles. The summed E-state index contributed by atoms with van der Waals surface area (Å²) >= 11 is 0. The van der Waals surface area contributed by atoms with E-state index in [1.54, 1.807) is 0 Å². The molecule has 0 atom stereocenters. The monoisotopic (exact) mass is 194 g/mol. The second-order valence-electron chi connectivity index (χ2n) is 3.80. The van der Waals surface area contributed by atoms with Crippen molar-refractivity contribution >= 4 is 5.69 Å². The van der Waals surface area contributed by atoms with Crippen LogP contribution in [0.4, 0.5) is 10.1 Å². The van der Waals surface area contributed by atoms with Crippen LogP contribution < -0.4 is 10.6 Å². The zero-order chi connectivity index (χ0) is 9.97. The lowest BCUT2D eigenvalue weighted by Gasteiger charge is -2.31. The standard InChI is InChI=1S/C11H15FN2/c12-9-1-3-11(4-2-9)14-7-5-10(13)6-8-14/h1-4,10H,5-8,13H2. The van der Waals surface area contributed by atoms with Crippen LogP contribution in [0, 0.1) is 5.82 Å². The largest absolute Gasteiger partial charge is 0.371 e. The molecule has 2 nitrogen and oxygen atoms in total. The number of hydrogen-bond acceptors (Lipinski definition) is 2. The molecule has 0 aliphatic carbocycles. The molecule has 0 unspecified atom stereocenters. The molecule has 0 spiro atoms. The predicted molar refractivity (Wildman–Crippen MR) is 55.8 cm³/mol. The van der Waals surface area contributed by atoms with Gasteiger partial charge in [-0.2, -0.15) is 0 Å². The van der Waals surface area contributed by atoms with Crippen LogP contribution in [0.25, 0.3) is 0 Å². The van der Waals surface area contributed by atoms with Gasteiger partial charge in [-0.25, -0.2) is 4.39 Å². The molecular weight excluding hydrogens is 179 g/mol. The van der Waals surface area contributed by atoms with Crippen molar-refractivity contribution < 1.29 is 4.39 Å². The van der Waals surface area contributed by atoms with Crippen molar-refractivity contribution in [1.29, 1.82) is 0 Å². The fourth-order valence-electron chi connectivity index (χ4n) is 1.81. The van der Waals surface area contributed by atoms with Gasteiger partial charge in [0, 0.05) is 24.8 Å². The first-order valence-corrected chi connectivity index (χ1v) is 5.02. The minimum Gasteiger partial charge on any atom is -0.371 e. The van der Waals surface area contributed by atoms with E-state index in [2.05, 4.69) is 4.90 Å². The van der Waals surface area contributed by atoms with E-state index in [0.717, 1.165) is 31.6 Å². The Labute approximate surface area is 83.5 Å². The first kappa shape index (κ1) is 9.46. The van der Waals surface area contributed by atoms with Gasteiger partial charge >= 0.3 is 0 Å². The fourth-order valence-corrected chi connectivity index (χ4v) is 1.81. The number of hydrogen-bond donors (Lipinski definition) is 1. The van der Waals surface area contributed by atoms with Gasteiger partial charge in [0.05, 0.1) is 0 Å². The normalized spacial score (nSPS) is 18.6. The molecule has 1 fully saturated rings. The van der Waals surface area contributed by atoms with Crippen LogP contribution in [0.2, 0.25) is 0 Å². The number of piperidine rings is 1. The topological polar surface area (TPSA) is 29.3 Å². The molecule has 0 amide bonds. The Morgan fingerprint density at radius 3 is 2.29 bits per heavy atom. The molecule has 76 valence electrons. The Morgan fingerprint density at radius 1 is 1.14 bits per heavy atom. The maximum atomic E-state index is 12.7. The van der Waals surface area contributed by atoms with Crippen molar-refractivity contribution in [1.82, 2.24) is 0 Å². The van der Waals surface area contributed by atoms with Gasteiger partial charge in [0.1, 0.15) is 5.82 Å². The van der Waals surface area contributed by atoms with E-state index in [1.165, 1.54) is 12.1 Å². The zero-order valence-electron chi connectivity index (χ0n) is 8.12. The van der Waals surface area contributed by atoms with Gasteiger partial charge in [-0.15, -0.1) is 0 Å². The van der Waals surface area contributed by atoms with Crippen molar-refractivity contribution in [3.63, 3.8) is 0 Å². The summed E-state index contributed by atoms with van der Waals surface area (Å²) in [6, 6.07) is 7.00. The third kappa shape index (κ3) is 2.04. The lowest BCUT2D eigenvalue weighted by Crippen LogP contribution is -2.39. The molecule has 0 aromatic heterocycles. The Morgan fingerprint density at radius 2 is 1.71 bits per heavy atom. The second-order valence-corrected chi connectivity index (χ2v) is 3.80. The quantitative estimate of drug-likeness (QED) is 0.738. The number of rotatable bonds is 1. The van der Waals surface area contributed by atoms with Gasteiger partial charge in [-0.3, -0.25) is 0 Å². The predicted octanol–water partition coefficient (Wildman–Crippen LogP) is 1.75. The first-order valence-electron chi connectivity index (χ1n) is 5.02. The van der Waals surface area contributed by atoms with Crippen LogP contribution in [0.1, 0.15) is 12.8 Å². The molecule has 2 N–H and O–H groups in total. The van der Waals surface area contributed by atoms with Crippen LogP contribution in [0.3, 0.4) is 0 Å². The third-order valence-electron chi connectivity index (χ3n) is 2.73. The summed E-state index contributed by atoms with van der Waals surface area (Å²) in [4.78, 5) is 2.25. The number of benzene rings is 1.